The molecule has 1 heteroatoms. The molecule has 0 spiro atoms. The standard InChI is InChI=1S/C36H35N.C2H6/c1-26-10-13-30(14-11-26)31-17-21-35(22-18-31)37(36-23-19-32-24-27(2)12-15-33(32)25-36)34-9-5-8-28-6-3-4-7-29(28)16-20-34;1-2/h4-5,7,9-11,13-25,27,34H,3,6,8,12H2,1-2H3;1-2H3/b9-5-,20-16?;. The summed E-state index contributed by atoms with van der Waals surface area (Å²) in [6.07, 6.45) is 23.3. The normalized spacial score (nSPS) is 20.2. The average molecular weight is 512 g/mol. The molecule has 0 saturated carbocycles. The largest absolute Gasteiger partial charge is 0.331 e. The summed E-state index contributed by atoms with van der Waals surface area (Å²) in [7, 11) is 0. The molecule has 1 nitrogen and oxygen atoms in total. The van der Waals surface area contributed by atoms with Gasteiger partial charge in [0.05, 0.1) is 6.04 Å². The first-order valence-corrected chi connectivity index (χ1v) is 14.7. The second-order valence-electron chi connectivity index (χ2n) is 10.7. The van der Waals surface area contributed by atoms with Crippen LogP contribution in [-0.2, 0) is 0 Å². The molecule has 0 fully saturated rings. The Labute approximate surface area is 234 Å². The van der Waals surface area contributed by atoms with Crippen LogP contribution in [0.4, 0.5) is 11.4 Å². The van der Waals surface area contributed by atoms with Gasteiger partial charge in [0.25, 0.3) is 0 Å². The second kappa shape index (κ2) is 12.3. The van der Waals surface area contributed by atoms with Crippen molar-refractivity contribution in [2.45, 2.75) is 59.4 Å². The van der Waals surface area contributed by atoms with Crippen molar-refractivity contribution in [2.75, 3.05) is 4.90 Å². The maximum Gasteiger partial charge on any atom is 0.0709 e. The molecule has 198 valence electrons. The molecule has 0 aliphatic heterocycles. The van der Waals surface area contributed by atoms with Crippen LogP contribution < -0.4 is 15.3 Å². The number of allylic oxidation sites excluding steroid dienone is 6. The SMILES string of the molecule is CC.Cc1ccc(-c2ccc(N(c3ccc4c(c3)=CCC(C)C=4)C3C=CC4=C(C/C=C\3)CCC=C4)cc2)cc1. The van der Waals surface area contributed by atoms with Crippen LogP contribution in [0.15, 0.2) is 114 Å². The van der Waals surface area contributed by atoms with E-state index in [9.17, 15) is 0 Å². The topological polar surface area (TPSA) is 3.24 Å². The van der Waals surface area contributed by atoms with E-state index in [2.05, 4.69) is 134 Å². The van der Waals surface area contributed by atoms with Crippen molar-refractivity contribution in [3.63, 3.8) is 0 Å². The molecule has 2 unspecified atom stereocenters. The molecule has 0 radical (unpaired) electrons. The fourth-order valence-electron chi connectivity index (χ4n) is 5.69. The summed E-state index contributed by atoms with van der Waals surface area (Å²) < 4.78 is 0. The van der Waals surface area contributed by atoms with Crippen molar-refractivity contribution in [1.29, 1.82) is 0 Å². The number of hydrogen-bond donors (Lipinski definition) is 0. The van der Waals surface area contributed by atoms with E-state index in [0.717, 1.165) is 19.3 Å². The Kier molecular flexibility index (Phi) is 8.47. The predicted octanol–water partition coefficient (Wildman–Crippen LogP) is 8.96. The van der Waals surface area contributed by atoms with Crippen LogP contribution in [0.1, 0.15) is 52.0 Å². The van der Waals surface area contributed by atoms with Crippen molar-refractivity contribution in [1.82, 2.24) is 0 Å². The van der Waals surface area contributed by atoms with Gasteiger partial charge in [-0.3, -0.25) is 0 Å². The van der Waals surface area contributed by atoms with E-state index in [1.165, 1.54) is 50.5 Å². The molecule has 0 saturated heterocycles. The minimum atomic E-state index is 0.138. The molecule has 0 aromatic heterocycles. The molecule has 0 amide bonds. The summed E-state index contributed by atoms with van der Waals surface area (Å²) >= 11 is 0. The lowest BCUT2D eigenvalue weighted by molar-refractivity contribution is 0.800. The zero-order valence-corrected chi connectivity index (χ0v) is 23.9. The molecule has 3 aromatic carbocycles. The van der Waals surface area contributed by atoms with Gasteiger partial charge in [-0.1, -0.05) is 123 Å². The highest BCUT2D eigenvalue weighted by Crippen LogP contribution is 2.33. The monoisotopic (exact) mass is 511 g/mol. The second-order valence-corrected chi connectivity index (χ2v) is 10.7. The van der Waals surface area contributed by atoms with Gasteiger partial charge < -0.3 is 4.90 Å². The summed E-state index contributed by atoms with van der Waals surface area (Å²) in [6.45, 7) is 8.43. The van der Waals surface area contributed by atoms with Gasteiger partial charge in [-0.05, 0) is 89.9 Å². The predicted molar refractivity (Wildman–Crippen MR) is 171 cm³/mol. The van der Waals surface area contributed by atoms with E-state index in [4.69, 9.17) is 0 Å². The first-order valence-electron chi connectivity index (χ1n) is 14.7. The van der Waals surface area contributed by atoms with E-state index >= 15 is 0 Å². The Balaban J connectivity index is 0.00000151. The third-order valence-electron chi connectivity index (χ3n) is 7.84. The number of nitrogens with zero attached hydrogens (tertiary/aromatic N) is 1. The third-order valence-corrected chi connectivity index (χ3v) is 7.84. The Morgan fingerprint density at radius 2 is 1.46 bits per heavy atom. The fraction of sp³-hybridized carbons (Fsp3) is 0.263. The van der Waals surface area contributed by atoms with Crippen LogP contribution in [0.3, 0.4) is 0 Å². The van der Waals surface area contributed by atoms with E-state index in [0.29, 0.717) is 5.92 Å². The number of anilines is 2. The average Bonchev–Trinajstić information content (AvgIpc) is 2.97. The number of hydrogen-bond acceptors (Lipinski definition) is 1. The van der Waals surface area contributed by atoms with Crippen molar-refractivity contribution in [3.05, 3.63) is 130 Å². The number of rotatable bonds is 4. The molecule has 6 rings (SSSR count). The molecule has 39 heavy (non-hydrogen) atoms. The molecule has 2 atom stereocenters. The quantitative estimate of drug-likeness (QED) is 0.316. The first kappa shape index (κ1) is 26.8. The summed E-state index contributed by atoms with van der Waals surface area (Å²) in [5.41, 5.74) is 9.17. The number of benzene rings is 3. The summed E-state index contributed by atoms with van der Waals surface area (Å²) in [5, 5.41) is 2.69. The lowest BCUT2D eigenvalue weighted by atomic mass is 9.92. The van der Waals surface area contributed by atoms with Crippen molar-refractivity contribution in [2.24, 2.45) is 5.92 Å². The van der Waals surface area contributed by atoms with Gasteiger partial charge in [-0.25, -0.2) is 0 Å². The van der Waals surface area contributed by atoms with Gasteiger partial charge in [0.2, 0.25) is 0 Å². The fourth-order valence-corrected chi connectivity index (χ4v) is 5.69. The zero-order chi connectivity index (χ0) is 27.2. The molecular weight excluding hydrogens is 470 g/mol. The Hall–Kier alpha value is -3.84. The Morgan fingerprint density at radius 3 is 2.23 bits per heavy atom. The van der Waals surface area contributed by atoms with Crippen molar-refractivity contribution in [3.8, 4) is 11.1 Å². The molecule has 0 heterocycles. The van der Waals surface area contributed by atoms with Crippen molar-refractivity contribution < 1.29 is 0 Å². The lowest BCUT2D eigenvalue weighted by Crippen LogP contribution is -2.33. The molecule has 3 aromatic rings. The molecule has 0 N–H and O–H groups in total. The Bertz CT molecular complexity index is 1530. The smallest absolute Gasteiger partial charge is 0.0709 e. The maximum absolute atomic E-state index is 2.48. The van der Waals surface area contributed by atoms with Crippen LogP contribution in [0.25, 0.3) is 23.3 Å². The number of aryl methyl sites for hydroxylation is 1. The summed E-state index contributed by atoms with van der Waals surface area (Å²) in [6, 6.07) is 25.0. The van der Waals surface area contributed by atoms with E-state index in [1.54, 1.807) is 5.57 Å². The molecular formula is C38H41N. The lowest BCUT2D eigenvalue weighted by Gasteiger charge is -2.32. The van der Waals surface area contributed by atoms with Crippen LogP contribution in [0.5, 0.6) is 0 Å². The van der Waals surface area contributed by atoms with E-state index in [1.807, 2.05) is 13.8 Å². The zero-order valence-electron chi connectivity index (χ0n) is 23.9. The molecule has 3 aliphatic carbocycles. The number of fused-ring (bicyclic) bond motifs is 1. The van der Waals surface area contributed by atoms with Gasteiger partial charge in [0.15, 0.2) is 0 Å². The highest BCUT2D eigenvalue weighted by molar-refractivity contribution is 5.72. The van der Waals surface area contributed by atoms with Crippen LogP contribution in [0.2, 0.25) is 0 Å². The van der Waals surface area contributed by atoms with Gasteiger partial charge in [0, 0.05) is 11.4 Å². The first-order chi connectivity index (χ1) is 19.1. The van der Waals surface area contributed by atoms with Crippen LogP contribution >= 0.6 is 0 Å². The van der Waals surface area contributed by atoms with Gasteiger partial charge >= 0.3 is 0 Å². The summed E-state index contributed by atoms with van der Waals surface area (Å²) in [5.74, 6) is 0.603. The Morgan fingerprint density at radius 1 is 0.744 bits per heavy atom. The van der Waals surface area contributed by atoms with Gasteiger partial charge in [-0.2, -0.15) is 0 Å². The van der Waals surface area contributed by atoms with Crippen LogP contribution in [0, 0.1) is 12.8 Å². The maximum atomic E-state index is 2.48. The van der Waals surface area contributed by atoms with E-state index < -0.39 is 0 Å². The third kappa shape index (κ3) is 6.09. The van der Waals surface area contributed by atoms with Gasteiger partial charge in [-0.15, -0.1) is 0 Å². The van der Waals surface area contributed by atoms with Crippen molar-refractivity contribution >= 4 is 23.5 Å². The highest BCUT2D eigenvalue weighted by Gasteiger charge is 2.19. The molecule has 3 aliphatic rings. The van der Waals surface area contributed by atoms with Crippen LogP contribution in [-0.4, -0.2) is 6.04 Å². The molecule has 0 bridgehead atoms. The van der Waals surface area contributed by atoms with E-state index in [-0.39, 0.29) is 6.04 Å². The summed E-state index contributed by atoms with van der Waals surface area (Å²) in [4.78, 5) is 2.48. The minimum Gasteiger partial charge on any atom is -0.331 e. The highest BCUT2D eigenvalue weighted by atomic mass is 15.2. The minimum absolute atomic E-state index is 0.138. The van der Waals surface area contributed by atoms with Gasteiger partial charge in [0.1, 0.15) is 0 Å².